The lowest BCUT2D eigenvalue weighted by molar-refractivity contribution is -0.144. The van der Waals surface area contributed by atoms with Gasteiger partial charge in [-0.3, -0.25) is 4.79 Å². The summed E-state index contributed by atoms with van der Waals surface area (Å²) in [6.45, 7) is 0.0644. The van der Waals surface area contributed by atoms with Crippen molar-refractivity contribution in [1.82, 2.24) is 4.90 Å². The van der Waals surface area contributed by atoms with Crippen molar-refractivity contribution in [2.75, 3.05) is 13.7 Å². The fourth-order valence-corrected chi connectivity index (χ4v) is 2.61. The van der Waals surface area contributed by atoms with Crippen LogP contribution in [0.4, 0.5) is 18.0 Å². The van der Waals surface area contributed by atoms with E-state index < -0.39 is 41.5 Å². The maximum atomic E-state index is 13.4. The number of carboxylic acids is 1. The third-order valence-corrected chi connectivity index (χ3v) is 3.75. The zero-order chi connectivity index (χ0) is 16.4. The molecular formula is C14H14F3NO4. The lowest BCUT2D eigenvalue weighted by atomic mass is 9.87. The Bertz CT molecular complexity index is 585. The fraction of sp³-hybridized carbons (Fsp3) is 0.429. The van der Waals surface area contributed by atoms with Crippen LogP contribution >= 0.6 is 0 Å². The first-order chi connectivity index (χ1) is 10.3. The van der Waals surface area contributed by atoms with Gasteiger partial charge in [0.25, 0.3) is 0 Å². The van der Waals surface area contributed by atoms with Gasteiger partial charge in [-0.25, -0.2) is 18.0 Å². The molecule has 0 aliphatic carbocycles. The van der Waals surface area contributed by atoms with Crippen molar-refractivity contribution in [2.45, 2.75) is 18.9 Å². The van der Waals surface area contributed by atoms with Crippen molar-refractivity contribution in [1.29, 1.82) is 0 Å². The fourth-order valence-electron chi connectivity index (χ4n) is 2.61. The number of amides is 1. The van der Waals surface area contributed by atoms with Crippen LogP contribution in [0.5, 0.6) is 0 Å². The quantitative estimate of drug-likeness (QED) is 0.852. The first kappa shape index (κ1) is 16.1. The van der Waals surface area contributed by atoms with Crippen LogP contribution in [0.25, 0.3) is 0 Å². The molecule has 2 unspecified atom stereocenters. The molecule has 1 amide bonds. The van der Waals surface area contributed by atoms with E-state index in [1.807, 2.05) is 0 Å². The van der Waals surface area contributed by atoms with Crippen LogP contribution in [0.1, 0.15) is 24.4 Å². The van der Waals surface area contributed by atoms with E-state index in [0.29, 0.717) is 0 Å². The van der Waals surface area contributed by atoms with Crippen molar-refractivity contribution >= 4 is 12.1 Å². The largest absolute Gasteiger partial charge is 0.481 e. The number of hydrogen-bond donors (Lipinski definition) is 1. The van der Waals surface area contributed by atoms with Gasteiger partial charge >= 0.3 is 12.1 Å². The Morgan fingerprint density at radius 2 is 1.86 bits per heavy atom. The van der Waals surface area contributed by atoms with Crippen molar-refractivity contribution in [2.24, 2.45) is 5.92 Å². The lowest BCUT2D eigenvalue weighted by Crippen LogP contribution is -2.42. The molecule has 2 rings (SSSR count). The summed E-state index contributed by atoms with van der Waals surface area (Å²) in [7, 11) is 1.15. The molecule has 2 atom stereocenters. The van der Waals surface area contributed by atoms with Gasteiger partial charge in [-0.05, 0) is 30.5 Å². The number of hydrogen-bond acceptors (Lipinski definition) is 3. The Morgan fingerprint density at radius 3 is 2.36 bits per heavy atom. The first-order valence-corrected chi connectivity index (χ1v) is 6.57. The van der Waals surface area contributed by atoms with Gasteiger partial charge in [-0.1, -0.05) is 0 Å². The zero-order valence-corrected chi connectivity index (χ0v) is 11.7. The van der Waals surface area contributed by atoms with E-state index in [9.17, 15) is 22.8 Å². The zero-order valence-electron chi connectivity index (χ0n) is 11.7. The van der Waals surface area contributed by atoms with Gasteiger partial charge in [0, 0.05) is 6.54 Å². The monoisotopic (exact) mass is 317 g/mol. The van der Waals surface area contributed by atoms with Crippen LogP contribution in [0.15, 0.2) is 12.1 Å². The van der Waals surface area contributed by atoms with Crippen molar-refractivity contribution in [3.63, 3.8) is 0 Å². The summed E-state index contributed by atoms with van der Waals surface area (Å²) < 4.78 is 44.4. The number of likely N-dealkylation sites (tertiary alicyclic amines) is 1. The smallest absolute Gasteiger partial charge is 0.409 e. The molecule has 120 valence electrons. The summed E-state index contributed by atoms with van der Waals surface area (Å²) in [5.41, 5.74) is -0.00671. The topological polar surface area (TPSA) is 66.8 Å². The second-order valence-corrected chi connectivity index (χ2v) is 5.04. The van der Waals surface area contributed by atoms with Gasteiger partial charge in [0.2, 0.25) is 0 Å². The van der Waals surface area contributed by atoms with Gasteiger partial charge in [0.15, 0.2) is 17.5 Å². The molecule has 1 saturated heterocycles. The number of piperidine rings is 1. The summed E-state index contributed by atoms with van der Waals surface area (Å²) in [5, 5.41) is 9.10. The maximum Gasteiger partial charge on any atom is 0.409 e. The van der Waals surface area contributed by atoms with E-state index in [4.69, 9.17) is 5.11 Å². The molecule has 0 bridgehead atoms. The van der Waals surface area contributed by atoms with Gasteiger partial charge in [0.05, 0.1) is 19.1 Å². The molecule has 1 aliphatic rings. The minimum absolute atomic E-state index is 0.00671. The summed E-state index contributed by atoms with van der Waals surface area (Å²) in [4.78, 5) is 24.1. The van der Waals surface area contributed by atoms with Crippen LogP contribution in [0, 0.1) is 23.4 Å². The lowest BCUT2D eigenvalue weighted by Gasteiger charge is -2.37. The SMILES string of the molecule is COC(=O)N1CCC(C(=O)O)CC1c1cc(F)c(F)c(F)c1. The van der Waals surface area contributed by atoms with E-state index in [0.717, 1.165) is 19.2 Å². The van der Waals surface area contributed by atoms with E-state index in [2.05, 4.69) is 4.74 Å². The van der Waals surface area contributed by atoms with Crippen LogP contribution in [0.3, 0.4) is 0 Å². The van der Waals surface area contributed by atoms with Crippen molar-refractivity contribution in [3.05, 3.63) is 35.1 Å². The van der Waals surface area contributed by atoms with Crippen LogP contribution in [-0.2, 0) is 9.53 Å². The molecular weight excluding hydrogens is 303 g/mol. The standard InChI is InChI=1S/C14H14F3NO4/c1-22-14(21)18-3-2-7(13(19)20)6-11(18)8-4-9(15)12(17)10(16)5-8/h4-5,7,11H,2-3,6H2,1H3,(H,19,20). The third kappa shape index (κ3) is 3.00. The highest BCUT2D eigenvalue weighted by molar-refractivity contribution is 5.72. The summed E-state index contributed by atoms with van der Waals surface area (Å²) in [6, 6.07) is 0.638. The number of benzene rings is 1. The second-order valence-electron chi connectivity index (χ2n) is 5.04. The molecule has 1 aliphatic heterocycles. The molecule has 0 saturated carbocycles. The number of carboxylic acid groups (broad SMARTS) is 1. The van der Waals surface area contributed by atoms with Crippen molar-refractivity contribution in [3.8, 4) is 0 Å². The normalized spacial score (nSPS) is 21.5. The van der Waals surface area contributed by atoms with E-state index >= 15 is 0 Å². The number of ether oxygens (including phenoxy) is 1. The predicted molar refractivity (Wildman–Crippen MR) is 68.5 cm³/mol. The molecule has 1 aromatic carbocycles. The number of rotatable bonds is 2. The molecule has 22 heavy (non-hydrogen) atoms. The van der Waals surface area contributed by atoms with E-state index in [-0.39, 0.29) is 24.9 Å². The molecule has 0 radical (unpaired) electrons. The molecule has 1 fully saturated rings. The molecule has 8 heteroatoms. The second kappa shape index (κ2) is 6.25. The number of carbonyl (C=O) groups excluding carboxylic acids is 1. The Kier molecular flexibility index (Phi) is 4.58. The number of aliphatic carboxylic acids is 1. The third-order valence-electron chi connectivity index (χ3n) is 3.75. The number of nitrogens with zero attached hydrogens (tertiary/aromatic N) is 1. The predicted octanol–water partition coefficient (Wildman–Crippen LogP) is 2.71. The first-order valence-electron chi connectivity index (χ1n) is 6.57. The van der Waals surface area contributed by atoms with Gasteiger partial charge in [-0.15, -0.1) is 0 Å². The maximum absolute atomic E-state index is 13.4. The van der Waals surface area contributed by atoms with Crippen LogP contribution < -0.4 is 0 Å². The molecule has 1 N–H and O–H groups in total. The number of carbonyl (C=O) groups is 2. The molecule has 1 aromatic rings. The van der Waals surface area contributed by atoms with Gasteiger partial charge in [-0.2, -0.15) is 0 Å². The summed E-state index contributed by atoms with van der Waals surface area (Å²) in [6.07, 6.45) is -0.568. The molecule has 0 aromatic heterocycles. The Hall–Kier alpha value is -2.25. The van der Waals surface area contributed by atoms with Crippen molar-refractivity contribution < 1.29 is 32.6 Å². The summed E-state index contributed by atoms with van der Waals surface area (Å²) in [5.74, 6) is -6.21. The minimum atomic E-state index is -1.61. The van der Waals surface area contributed by atoms with Gasteiger partial charge < -0.3 is 14.7 Å². The number of halogens is 3. The Labute approximate surface area is 124 Å². The molecule has 1 heterocycles. The molecule has 0 spiro atoms. The van der Waals surface area contributed by atoms with E-state index in [1.54, 1.807) is 0 Å². The minimum Gasteiger partial charge on any atom is -0.481 e. The average Bonchev–Trinajstić information content (AvgIpc) is 2.50. The van der Waals surface area contributed by atoms with Gasteiger partial charge in [0.1, 0.15) is 0 Å². The van der Waals surface area contributed by atoms with Crippen LogP contribution in [0.2, 0.25) is 0 Å². The Morgan fingerprint density at radius 1 is 1.27 bits per heavy atom. The average molecular weight is 317 g/mol. The highest BCUT2D eigenvalue weighted by atomic mass is 19.2. The Balaban J connectivity index is 2.40. The molecule has 5 nitrogen and oxygen atoms in total. The number of methoxy groups -OCH3 is 1. The summed E-state index contributed by atoms with van der Waals surface area (Å²) >= 11 is 0. The van der Waals surface area contributed by atoms with Crippen LogP contribution in [-0.4, -0.2) is 35.7 Å². The van der Waals surface area contributed by atoms with E-state index in [1.165, 1.54) is 4.90 Å². The highest BCUT2D eigenvalue weighted by Crippen LogP contribution is 2.35. The highest BCUT2D eigenvalue weighted by Gasteiger charge is 2.36.